The summed E-state index contributed by atoms with van der Waals surface area (Å²) in [6.07, 6.45) is 2.07. The minimum Gasteiger partial charge on any atom is -0.406 e. The molecular formula is C26H28Cl2N4OSSi. The van der Waals surface area contributed by atoms with Crippen molar-refractivity contribution in [1.82, 2.24) is 19.9 Å². The molecule has 0 radical (unpaired) electrons. The van der Waals surface area contributed by atoms with Crippen LogP contribution in [0, 0.1) is 0 Å². The lowest BCUT2D eigenvalue weighted by Crippen LogP contribution is -2.67. The van der Waals surface area contributed by atoms with Crippen molar-refractivity contribution in [1.29, 1.82) is 0 Å². The van der Waals surface area contributed by atoms with Crippen LogP contribution in [0.2, 0.25) is 15.5 Å². The molecule has 2 aromatic carbocycles. The molecule has 0 unspecified atom stereocenters. The van der Waals surface area contributed by atoms with Crippen molar-refractivity contribution in [3.8, 4) is 0 Å². The van der Waals surface area contributed by atoms with E-state index in [0.29, 0.717) is 28.2 Å². The summed E-state index contributed by atoms with van der Waals surface area (Å²) in [7, 11) is -2.55. The third-order valence-electron chi connectivity index (χ3n) is 6.61. The van der Waals surface area contributed by atoms with Crippen molar-refractivity contribution >= 4 is 64.8 Å². The monoisotopic (exact) mass is 542 g/mol. The van der Waals surface area contributed by atoms with Crippen LogP contribution >= 0.6 is 35.0 Å². The Morgan fingerprint density at radius 2 is 1.57 bits per heavy atom. The number of nitrogens with one attached hydrogen (secondary N) is 1. The normalized spacial score (nSPS) is 18.9. The fourth-order valence-electron chi connectivity index (χ4n) is 5.02. The van der Waals surface area contributed by atoms with Gasteiger partial charge in [-0.05, 0) is 39.9 Å². The lowest BCUT2D eigenvalue weighted by atomic mass is 10.2. The van der Waals surface area contributed by atoms with Gasteiger partial charge in [-0.3, -0.25) is 0 Å². The number of imidazole rings is 1. The summed E-state index contributed by atoms with van der Waals surface area (Å²) >= 11 is 14.1. The highest BCUT2D eigenvalue weighted by Crippen LogP contribution is 2.45. The molecule has 1 fully saturated rings. The molecule has 0 saturated carbocycles. The second kappa shape index (κ2) is 9.86. The number of hydrogen-bond acceptors (Lipinski definition) is 5. The van der Waals surface area contributed by atoms with Gasteiger partial charge in [0.1, 0.15) is 11.3 Å². The summed E-state index contributed by atoms with van der Waals surface area (Å²) in [5.41, 5.74) is 1.15. The SMILES string of the molecule is CC(C)(C)[Si](OC[C@H]1CC[C@@H](c2nc3nc(Cl)nc(Cl)c3[nH]2)S1)(c1ccccc1)c1ccccc1. The first-order chi connectivity index (χ1) is 16.8. The average molecular weight is 544 g/mol. The van der Waals surface area contributed by atoms with Crippen molar-refractivity contribution in [2.75, 3.05) is 6.61 Å². The maximum atomic E-state index is 7.15. The van der Waals surface area contributed by atoms with Gasteiger partial charge in [0.25, 0.3) is 8.32 Å². The first kappa shape index (κ1) is 24.8. The van der Waals surface area contributed by atoms with Gasteiger partial charge in [-0.1, -0.05) is 93.0 Å². The topological polar surface area (TPSA) is 63.7 Å². The van der Waals surface area contributed by atoms with Gasteiger partial charge in [0.05, 0.1) is 5.25 Å². The number of thioether (sulfide) groups is 1. The molecule has 1 aliphatic heterocycles. The highest BCUT2D eigenvalue weighted by atomic mass is 35.5. The molecule has 5 rings (SSSR count). The fraction of sp³-hybridized carbons (Fsp3) is 0.346. The summed E-state index contributed by atoms with van der Waals surface area (Å²) in [4.78, 5) is 16.2. The van der Waals surface area contributed by atoms with E-state index >= 15 is 0 Å². The van der Waals surface area contributed by atoms with Gasteiger partial charge in [0.2, 0.25) is 5.28 Å². The summed E-state index contributed by atoms with van der Waals surface area (Å²) in [6.45, 7) is 7.64. The number of aromatic amines is 1. The fourth-order valence-corrected chi connectivity index (χ4v) is 11.6. The lowest BCUT2D eigenvalue weighted by molar-refractivity contribution is 0.295. The van der Waals surface area contributed by atoms with Crippen molar-refractivity contribution in [2.24, 2.45) is 0 Å². The van der Waals surface area contributed by atoms with Crippen molar-refractivity contribution in [2.45, 2.75) is 49.2 Å². The Bertz CT molecular complexity index is 1270. The van der Waals surface area contributed by atoms with E-state index in [-0.39, 0.29) is 15.6 Å². The highest BCUT2D eigenvalue weighted by molar-refractivity contribution is 8.00. The summed E-state index contributed by atoms with van der Waals surface area (Å²) in [5.74, 6) is 0.872. The van der Waals surface area contributed by atoms with Crippen LogP contribution < -0.4 is 10.4 Å². The number of H-pyrrole nitrogens is 1. The lowest BCUT2D eigenvalue weighted by Gasteiger charge is -2.43. The molecule has 2 aromatic heterocycles. The van der Waals surface area contributed by atoms with Crippen LogP contribution in [0.25, 0.3) is 11.2 Å². The molecule has 9 heteroatoms. The second-order valence-corrected chi connectivity index (χ2v) is 16.4. The Balaban J connectivity index is 1.40. The third-order valence-corrected chi connectivity index (χ3v) is 13.6. The number of benzene rings is 2. The van der Waals surface area contributed by atoms with Gasteiger partial charge in [-0.2, -0.15) is 4.98 Å². The van der Waals surface area contributed by atoms with E-state index in [1.54, 1.807) is 0 Å². The first-order valence-electron chi connectivity index (χ1n) is 11.8. The number of fused-ring (bicyclic) bond motifs is 1. The van der Waals surface area contributed by atoms with E-state index in [0.717, 1.165) is 18.7 Å². The number of hydrogen-bond donors (Lipinski definition) is 1. The first-order valence-corrected chi connectivity index (χ1v) is 15.4. The second-order valence-electron chi connectivity index (χ2n) is 9.90. The summed E-state index contributed by atoms with van der Waals surface area (Å²) < 4.78 is 7.15. The molecule has 4 aromatic rings. The molecular weight excluding hydrogens is 515 g/mol. The van der Waals surface area contributed by atoms with E-state index < -0.39 is 8.32 Å². The maximum absolute atomic E-state index is 7.15. The molecule has 5 nitrogen and oxygen atoms in total. The molecule has 1 saturated heterocycles. The van der Waals surface area contributed by atoms with Gasteiger partial charge in [0, 0.05) is 11.9 Å². The van der Waals surface area contributed by atoms with Crippen molar-refractivity contribution < 1.29 is 4.43 Å². The Morgan fingerprint density at radius 1 is 0.943 bits per heavy atom. The Labute approximate surface area is 221 Å². The minimum atomic E-state index is -2.55. The van der Waals surface area contributed by atoms with Crippen molar-refractivity contribution in [3.05, 3.63) is 76.9 Å². The van der Waals surface area contributed by atoms with Crippen LogP contribution in [0.5, 0.6) is 0 Å². The molecule has 35 heavy (non-hydrogen) atoms. The number of rotatable bonds is 6. The zero-order chi connectivity index (χ0) is 24.6. The van der Waals surface area contributed by atoms with E-state index in [9.17, 15) is 0 Å². The van der Waals surface area contributed by atoms with Crippen LogP contribution in [0.15, 0.2) is 60.7 Å². The molecule has 2 atom stereocenters. The van der Waals surface area contributed by atoms with Gasteiger partial charge < -0.3 is 9.41 Å². The Hall–Kier alpha value is -1.90. The van der Waals surface area contributed by atoms with Crippen LogP contribution in [0.3, 0.4) is 0 Å². The molecule has 1 N–H and O–H groups in total. The van der Waals surface area contributed by atoms with Crippen LogP contribution in [-0.2, 0) is 4.43 Å². The highest BCUT2D eigenvalue weighted by Gasteiger charge is 2.50. The van der Waals surface area contributed by atoms with Gasteiger partial charge >= 0.3 is 0 Å². The molecule has 182 valence electrons. The average Bonchev–Trinajstić information content (AvgIpc) is 3.47. The van der Waals surface area contributed by atoms with Gasteiger partial charge in [0.15, 0.2) is 10.8 Å². The number of halogens is 2. The standard InChI is InChI=1S/C26H28Cl2N4OSSi/c1-26(2,3)35(18-10-6-4-7-11-18,19-12-8-5-9-13-19)33-16-17-14-15-20(34-17)23-29-21-22(27)30-25(28)32-24(21)31-23/h4-13,17,20H,14-16H2,1-3H3,(H,29,30,31,32)/t17-,20+/m1/s1. The molecule has 0 spiro atoms. The number of aromatic nitrogens is 4. The van der Waals surface area contributed by atoms with E-state index in [1.165, 1.54) is 10.4 Å². The molecule has 1 aliphatic rings. The summed E-state index contributed by atoms with van der Waals surface area (Å²) in [6, 6.07) is 21.6. The zero-order valence-corrected chi connectivity index (χ0v) is 23.3. The predicted molar refractivity (Wildman–Crippen MR) is 149 cm³/mol. The van der Waals surface area contributed by atoms with E-state index in [4.69, 9.17) is 27.6 Å². The third kappa shape index (κ3) is 4.77. The number of nitrogens with zero attached hydrogens (tertiary/aromatic N) is 3. The van der Waals surface area contributed by atoms with Crippen LogP contribution in [-0.4, -0.2) is 40.1 Å². The van der Waals surface area contributed by atoms with E-state index in [2.05, 4.69) is 101 Å². The van der Waals surface area contributed by atoms with Gasteiger partial charge in [-0.25, -0.2) is 9.97 Å². The van der Waals surface area contributed by atoms with Crippen LogP contribution in [0.4, 0.5) is 0 Å². The largest absolute Gasteiger partial charge is 0.406 e. The maximum Gasteiger partial charge on any atom is 0.261 e. The van der Waals surface area contributed by atoms with Crippen molar-refractivity contribution in [3.63, 3.8) is 0 Å². The zero-order valence-electron chi connectivity index (χ0n) is 20.0. The van der Waals surface area contributed by atoms with Crippen LogP contribution in [0.1, 0.15) is 44.7 Å². The molecule has 0 aliphatic carbocycles. The Morgan fingerprint density at radius 3 is 2.17 bits per heavy atom. The minimum absolute atomic E-state index is 0.0359. The molecule has 0 bridgehead atoms. The molecule has 0 amide bonds. The quantitative estimate of drug-likeness (QED) is 0.179. The smallest absolute Gasteiger partial charge is 0.261 e. The Kier molecular flexibility index (Phi) is 6.98. The van der Waals surface area contributed by atoms with Gasteiger partial charge in [-0.15, -0.1) is 11.8 Å². The molecule has 3 heterocycles. The predicted octanol–water partition coefficient (Wildman–Crippen LogP) is 6.17. The summed E-state index contributed by atoms with van der Waals surface area (Å²) in [5, 5.41) is 3.59. The van der Waals surface area contributed by atoms with E-state index in [1.807, 2.05) is 11.8 Å².